The van der Waals surface area contributed by atoms with Crippen LogP contribution in [0.15, 0.2) is 158 Å². The normalized spacial score (nSPS) is 13.6. The fourth-order valence-electron chi connectivity index (χ4n) is 10.5. The molecule has 0 fully saturated rings. The number of carboxylic acid groups (broad SMARTS) is 1. The zero-order valence-electron chi connectivity index (χ0n) is 61.7. The van der Waals surface area contributed by atoms with Gasteiger partial charge in [0.25, 0.3) is 0 Å². The number of esters is 2. The van der Waals surface area contributed by atoms with Crippen LogP contribution in [0.2, 0.25) is 0 Å². The molecule has 0 saturated carbocycles. The summed E-state index contributed by atoms with van der Waals surface area (Å²) in [6, 6.07) is 0. The van der Waals surface area contributed by atoms with E-state index < -0.39 is 24.3 Å². The van der Waals surface area contributed by atoms with Crippen molar-refractivity contribution in [1.29, 1.82) is 0 Å². The molecule has 2 atom stereocenters. The maximum absolute atomic E-state index is 13.0. The predicted molar refractivity (Wildman–Crippen MR) is 407 cm³/mol. The van der Waals surface area contributed by atoms with Crippen molar-refractivity contribution in [2.75, 3.05) is 47.5 Å². The Labute approximate surface area is 584 Å². The van der Waals surface area contributed by atoms with E-state index in [0.717, 1.165) is 141 Å². The molecule has 0 aliphatic rings. The summed E-state index contributed by atoms with van der Waals surface area (Å²) in [6.45, 7) is 4.51. The van der Waals surface area contributed by atoms with Crippen LogP contribution in [0.3, 0.4) is 0 Å². The molecule has 9 nitrogen and oxygen atoms in total. The number of ether oxygens (including phenoxy) is 4. The molecule has 0 heterocycles. The zero-order valence-corrected chi connectivity index (χ0v) is 61.7. The van der Waals surface area contributed by atoms with Crippen LogP contribution in [0.4, 0.5) is 0 Å². The molecule has 0 aliphatic carbocycles. The van der Waals surface area contributed by atoms with Crippen molar-refractivity contribution in [3.8, 4) is 0 Å². The predicted octanol–water partition coefficient (Wildman–Crippen LogP) is 23.5. The van der Waals surface area contributed by atoms with Crippen LogP contribution in [0.1, 0.15) is 309 Å². The SMILES string of the molecule is CC/C=C\C/C=C\C/C=C\C/C=C\C/C=C\C/C=C\C/C=C\C/C=C\CCCCCCCCC(=O)OC(COC(=O)CCCCCCCCCCCCCCCCCCCCCCCCC/C=C\C/C=C\C/C=C\C/C=C\C/C=C\CC)COC(OCC[N+](C)(C)C)C(=O)[O-]. The molecule has 9 heteroatoms. The molecule has 0 aliphatic heterocycles. The van der Waals surface area contributed by atoms with Gasteiger partial charge < -0.3 is 33.3 Å². The summed E-state index contributed by atoms with van der Waals surface area (Å²) in [6.07, 6.45) is 108. The molecule has 0 rings (SSSR count). The van der Waals surface area contributed by atoms with Gasteiger partial charge in [-0.2, -0.15) is 0 Å². The van der Waals surface area contributed by atoms with Crippen LogP contribution in [-0.4, -0.2) is 82.3 Å². The Morgan fingerprint density at radius 1 is 0.316 bits per heavy atom. The summed E-state index contributed by atoms with van der Waals surface area (Å²) >= 11 is 0. The number of allylic oxidation sites excluding steroid dienone is 26. The van der Waals surface area contributed by atoms with Gasteiger partial charge in [-0.25, -0.2) is 0 Å². The molecule has 0 saturated heterocycles. The van der Waals surface area contributed by atoms with Crippen molar-refractivity contribution in [3.05, 3.63) is 158 Å². The molecule has 0 aromatic heterocycles. The van der Waals surface area contributed by atoms with Crippen molar-refractivity contribution in [2.24, 2.45) is 0 Å². The highest BCUT2D eigenvalue weighted by atomic mass is 16.7. The molecule has 0 aromatic rings. The van der Waals surface area contributed by atoms with E-state index in [4.69, 9.17) is 18.9 Å². The maximum atomic E-state index is 13.0. The highest BCUT2D eigenvalue weighted by Crippen LogP contribution is 2.18. The number of carboxylic acids is 1. The monoisotopic (exact) mass is 1320 g/mol. The van der Waals surface area contributed by atoms with Gasteiger partial charge in [-0.1, -0.05) is 332 Å². The van der Waals surface area contributed by atoms with Gasteiger partial charge in [0, 0.05) is 12.8 Å². The fraction of sp³-hybridized carbons (Fsp3) is 0.663. The van der Waals surface area contributed by atoms with Crippen LogP contribution in [-0.2, 0) is 33.3 Å². The van der Waals surface area contributed by atoms with E-state index in [1.54, 1.807) is 0 Å². The molecule has 0 bridgehead atoms. The summed E-state index contributed by atoms with van der Waals surface area (Å²) in [5.74, 6) is -2.30. The number of aliphatic carboxylic acids is 1. The number of hydrogen-bond acceptors (Lipinski definition) is 8. The van der Waals surface area contributed by atoms with Crippen LogP contribution in [0.5, 0.6) is 0 Å². The van der Waals surface area contributed by atoms with Crippen LogP contribution in [0, 0.1) is 0 Å². The van der Waals surface area contributed by atoms with E-state index in [-0.39, 0.29) is 38.6 Å². The first-order chi connectivity index (χ1) is 46.6. The highest BCUT2D eigenvalue weighted by molar-refractivity contribution is 5.70. The van der Waals surface area contributed by atoms with Gasteiger partial charge in [0.1, 0.15) is 13.2 Å². The zero-order chi connectivity index (χ0) is 69.0. The first kappa shape index (κ1) is 89.9. The van der Waals surface area contributed by atoms with Crippen molar-refractivity contribution < 1.29 is 42.9 Å². The lowest BCUT2D eigenvalue weighted by molar-refractivity contribution is -0.870. The molecule has 540 valence electrons. The van der Waals surface area contributed by atoms with Crippen LogP contribution in [0.25, 0.3) is 0 Å². The molecule has 0 aromatic carbocycles. The second-order valence-corrected chi connectivity index (χ2v) is 26.5. The molecular formula is C86H143NO8. The van der Waals surface area contributed by atoms with Crippen molar-refractivity contribution in [3.63, 3.8) is 0 Å². The Hall–Kier alpha value is -5.09. The Balaban J connectivity index is 4.08. The summed E-state index contributed by atoms with van der Waals surface area (Å²) in [5, 5.41) is 11.9. The van der Waals surface area contributed by atoms with E-state index in [1.807, 2.05) is 21.1 Å². The van der Waals surface area contributed by atoms with Gasteiger partial charge in [-0.3, -0.25) is 9.59 Å². The molecule has 95 heavy (non-hydrogen) atoms. The quantitative estimate of drug-likeness (QED) is 0.0195. The van der Waals surface area contributed by atoms with Gasteiger partial charge in [-0.05, 0) is 122 Å². The summed E-state index contributed by atoms with van der Waals surface area (Å²) in [7, 11) is 5.92. The number of unbranched alkanes of at least 4 members (excludes halogenated alkanes) is 29. The third kappa shape index (κ3) is 76.1. The molecule has 0 radical (unpaired) electrons. The fourth-order valence-corrected chi connectivity index (χ4v) is 10.5. The van der Waals surface area contributed by atoms with Crippen molar-refractivity contribution >= 4 is 17.9 Å². The third-order valence-corrected chi connectivity index (χ3v) is 16.3. The Kier molecular flexibility index (Phi) is 70.7. The van der Waals surface area contributed by atoms with Crippen molar-refractivity contribution in [1.82, 2.24) is 0 Å². The van der Waals surface area contributed by atoms with Crippen molar-refractivity contribution in [2.45, 2.75) is 322 Å². The standard InChI is InChI=1S/C86H143NO8/c1-6-8-10-12-14-16-18-20-22-24-26-28-30-32-34-36-38-39-40-41-42-43-44-45-47-48-50-52-54-56-58-60-62-64-66-68-70-72-74-76-83(88)93-80-82(81-94-86(85(90)91)92-79-78-87(3,4)5)95-84(89)77-75-73-71-69-67-65-63-61-59-57-55-53-51-49-46-37-35-33-31-29-27-25-23-21-19-17-15-13-11-9-7-2/h8-11,14-17,20-23,26-29,32-35,46,49,53,55,59,61,82,86H,6-7,12-13,18-19,24-25,30-31,36-45,47-48,50-52,54,56-58,60,62-81H2,1-5H3/b10-8-,11-9-,16-14-,17-15-,22-20-,23-21-,28-26-,29-27-,34-32-,35-33-,49-46-,55-53-,61-59-. The van der Waals surface area contributed by atoms with Gasteiger partial charge in [0.05, 0.1) is 40.3 Å². The Morgan fingerprint density at radius 2 is 0.568 bits per heavy atom. The minimum atomic E-state index is -1.64. The number of likely N-dealkylation sites (N-methyl/N-ethyl adjacent to an activating group) is 1. The molecule has 0 N–H and O–H groups in total. The minimum Gasteiger partial charge on any atom is -0.545 e. The summed E-state index contributed by atoms with van der Waals surface area (Å²) in [4.78, 5) is 37.6. The Bertz CT molecular complexity index is 2130. The van der Waals surface area contributed by atoms with E-state index in [1.165, 1.54) is 135 Å². The minimum absolute atomic E-state index is 0.138. The number of rotatable bonds is 70. The lowest BCUT2D eigenvalue weighted by Gasteiger charge is -2.26. The summed E-state index contributed by atoms with van der Waals surface area (Å²) in [5.41, 5.74) is 0. The van der Waals surface area contributed by atoms with Gasteiger partial charge in [0.15, 0.2) is 12.4 Å². The molecule has 0 amide bonds. The van der Waals surface area contributed by atoms with Crippen LogP contribution < -0.4 is 5.11 Å². The van der Waals surface area contributed by atoms with E-state index in [9.17, 15) is 19.5 Å². The lowest BCUT2D eigenvalue weighted by atomic mass is 10.0. The number of hydrogen-bond donors (Lipinski definition) is 0. The highest BCUT2D eigenvalue weighted by Gasteiger charge is 2.22. The van der Waals surface area contributed by atoms with E-state index in [2.05, 4.69) is 172 Å². The largest absolute Gasteiger partial charge is 0.545 e. The maximum Gasteiger partial charge on any atom is 0.306 e. The second-order valence-electron chi connectivity index (χ2n) is 26.5. The number of carbonyl (C=O) groups excluding carboxylic acids is 3. The van der Waals surface area contributed by atoms with E-state index in [0.29, 0.717) is 17.4 Å². The second kappa shape index (κ2) is 74.7. The van der Waals surface area contributed by atoms with Crippen LogP contribution >= 0.6 is 0 Å². The number of carbonyl (C=O) groups is 3. The molecule has 0 spiro atoms. The van der Waals surface area contributed by atoms with Gasteiger partial charge in [0.2, 0.25) is 0 Å². The number of quaternary nitrogens is 1. The average Bonchev–Trinajstić information content (AvgIpc) is 3.24. The third-order valence-electron chi connectivity index (χ3n) is 16.3. The number of nitrogens with zero attached hydrogens (tertiary/aromatic N) is 1. The van der Waals surface area contributed by atoms with E-state index >= 15 is 0 Å². The first-order valence-electron chi connectivity index (χ1n) is 38.6. The average molecular weight is 1320 g/mol. The molecular weight excluding hydrogens is 1170 g/mol. The Morgan fingerprint density at radius 3 is 0.842 bits per heavy atom. The summed E-state index contributed by atoms with van der Waals surface area (Å²) < 4.78 is 22.8. The molecule has 2 unspecified atom stereocenters. The smallest absolute Gasteiger partial charge is 0.306 e. The van der Waals surface area contributed by atoms with Gasteiger partial charge >= 0.3 is 11.9 Å². The lowest BCUT2D eigenvalue weighted by Crippen LogP contribution is -2.44. The van der Waals surface area contributed by atoms with Gasteiger partial charge in [-0.15, -0.1) is 0 Å². The first-order valence-corrected chi connectivity index (χ1v) is 38.6. The topological polar surface area (TPSA) is 111 Å².